The van der Waals surface area contributed by atoms with Crippen LogP contribution in [0.25, 0.3) is 0 Å². The summed E-state index contributed by atoms with van der Waals surface area (Å²) >= 11 is 0. The molecule has 1 aliphatic carbocycles. The van der Waals surface area contributed by atoms with Gasteiger partial charge in [0, 0.05) is 26.1 Å². The lowest BCUT2D eigenvalue weighted by Crippen LogP contribution is -2.39. The number of carbonyl (C=O) groups excluding carboxylic acids is 2. The molecule has 0 radical (unpaired) electrons. The van der Waals surface area contributed by atoms with Gasteiger partial charge in [-0.15, -0.1) is 0 Å². The minimum atomic E-state index is -0.0829. The van der Waals surface area contributed by atoms with Gasteiger partial charge in [0.05, 0.1) is 6.54 Å². The van der Waals surface area contributed by atoms with Gasteiger partial charge in [-0.2, -0.15) is 0 Å². The van der Waals surface area contributed by atoms with Gasteiger partial charge in [-0.3, -0.25) is 9.59 Å². The lowest BCUT2D eigenvalue weighted by Gasteiger charge is -2.16. The lowest BCUT2D eigenvalue weighted by atomic mass is 10.2. The number of likely N-dealkylation sites (N-methyl/N-ethyl adjacent to an activating group) is 1. The Kier molecular flexibility index (Phi) is 5.25. The van der Waals surface area contributed by atoms with Crippen LogP contribution in [-0.2, 0) is 9.59 Å². The molecular weight excluding hydrogens is 208 g/mol. The zero-order chi connectivity index (χ0) is 12.0. The number of unbranched alkanes of at least 4 members (excludes halogenated alkanes) is 1. The molecule has 0 saturated heterocycles. The molecule has 1 fully saturated rings. The van der Waals surface area contributed by atoms with Crippen molar-refractivity contribution < 1.29 is 14.7 Å². The zero-order valence-corrected chi connectivity index (χ0v) is 9.74. The van der Waals surface area contributed by atoms with Crippen LogP contribution in [0, 0.1) is 0 Å². The minimum absolute atomic E-state index is 0.0422. The van der Waals surface area contributed by atoms with E-state index in [2.05, 4.69) is 5.32 Å². The van der Waals surface area contributed by atoms with E-state index in [1.807, 2.05) is 0 Å². The third-order valence-corrected chi connectivity index (χ3v) is 2.55. The summed E-state index contributed by atoms with van der Waals surface area (Å²) in [5.41, 5.74) is 0. The van der Waals surface area contributed by atoms with E-state index in [9.17, 15) is 9.59 Å². The van der Waals surface area contributed by atoms with Crippen LogP contribution in [-0.4, -0.2) is 48.1 Å². The molecule has 2 N–H and O–H groups in total. The first-order valence-electron chi connectivity index (χ1n) is 5.77. The van der Waals surface area contributed by atoms with Crippen LogP contribution < -0.4 is 5.32 Å². The van der Waals surface area contributed by atoms with Gasteiger partial charge in [-0.25, -0.2) is 0 Å². The molecule has 16 heavy (non-hydrogen) atoms. The van der Waals surface area contributed by atoms with Crippen LogP contribution in [0.4, 0.5) is 0 Å². The molecule has 0 heterocycles. The van der Waals surface area contributed by atoms with Crippen molar-refractivity contribution in [3.63, 3.8) is 0 Å². The summed E-state index contributed by atoms with van der Waals surface area (Å²) in [4.78, 5) is 24.4. The quantitative estimate of drug-likeness (QED) is 0.597. The number of carbonyl (C=O) groups is 2. The molecule has 0 unspecified atom stereocenters. The molecule has 1 saturated carbocycles. The number of hydrogen-bond donors (Lipinski definition) is 2. The highest BCUT2D eigenvalue weighted by molar-refractivity contribution is 5.84. The zero-order valence-electron chi connectivity index (χ0n) is 9.74. The van der Waals surface area contributed by atoms with Gasteiger partial charge >= 0.3 is 0 Å². The van der Waals surface area contributed by atoms with E-state index in [0.29, 0.717) is 25.3 Å². The molecule has 0 atom stereocenters. The highest BCUT2D eigenvalue weighted by Gasteiger charge is 2.24. The second kappa shape index (κ2) is 6.48. The third kappa shape index (κ3) is 5.11. The summed E-state index contributed by atoms with van der Waals surface area (Å²) in [7, 11) is 1.63. The van der Waals surface area contributed by atoms with Crippen LogP contribution in [0.1, 0.15) is 32.1 Å². The number of nitrogens with one attached hydrogen (secondary N) is 1. The number of amides is 2. The van der Waals surface area contributed by atoms with E-state index in [1.165, 1.54) is 4.90 Å². The maximum Gasteiger partial charge on any atom is 0.239 e. The molecule has 1 aliphatic rings. The van der Waals surface area contributed by atoms with E-state index in [4.69, 9.17) is 5.11 Å². The average Bonchev–Trinajstić information content (AvgIpc) is 3.01. The fourth-order valence-electron chi connectivity index (χ4n) is 1.38. The van der Waals surface area contributed by atoms with E-state index >= 15 is 0 Å². The summed E-state index contributed by atoms with van der Waals surface area (Å²) in [6.07, 6.45) is 3.81. The van der Waals surface area contributed by atoms with E-state index < -0.39 is 0 Å². The maximum atomic E-state index is 11.5. The highest BCUT2D eigenvalue weighted by Crippen LogP contribution is 2.18. The van der Waals surface area contributed by atoms with Crippen molar-refractivity contribution in [3.8, 4) is 0 Å². The van der Waals surface area contributed by atoms with Crippen LogP contribution in [0.5, 0.6) is 0 Å². The Morgan fingerprint density at radius 3 is 2.62 bits per heavy atom. The molecule has 2 amide bonds. The second-order valence-corrected chi connectivity index (χ2v) is 4.27. The van der Waals surface area contributed by atoms with Crippen LogP contribution >= 0.6 is 0 Å². The van der Waals surface area contributed by atoms with Crippen molar-refractivity contribution in [2.24, 2.45) is 0 Å². The summed E-state index contributed by atoms with van der Waals surface area (Å²) in [6.45, 7) is 0.244. The van der Waals surface area contributed by atoms with Crippen molar-refractivity contribution in [3.05, 3.63) is 0 Å². The number of rotatable bonds is 7. The SMILES string of the molecule is CN(CC(=O)NC1CC1)C(=O)CCCCO. The minimum Gasteiger partial charge on any atom is -0.396 e. The largest absolute Gasteiger partial charge is 0.396 e. The van der Waals surface area contributed by atoms with Crippen LogP contribution in [0.2, 0.25) is 0 Å². The van der Waals surface area contributed by atoms with Gasteiger partial charge in [-0.1, -0.05) is 0 Å². The highest BCUT2D eigenvalue weighted by atomic mass is 16.3. The first-order chi connectivity index (χ1) is 7.63. The van der Waals surface area contributed by atoms with E-state index in [0.717, 1.165) is 12.8 Å². The first-order valence-corrected chi connectivity index (χ1v) is 5.77. The average molecular weight is 228 g/mol. The Morgan fingerprint density at radius 1 is 1.38 bits per heavy atom. The molecule has 0 aromatic rings. The molecule has 0 aliphatic heterocycles. The van der Waals surface area contributed by atoms with Crippen LogP contribution in [0.3, 0.4) is 0 Å². The fraction of sp³-hybridized carbons (Fsp3) is 0.818. The number of aliphatic hydroxyl groups is 1. The van der Waals surface area contributed by atoms with Gasteiger partial charge in [0.25, 0.3) is 0 Å². The van der Waals surface area contributed by atoms with Gasteiger partial charge in [-0.05, 0) is 25.7 Å². The number of nitrogens with zero attached hydrogens (tertiary/aromatic N) is 1. The van der Waals surface area contributed by atoms with Crippen LogP contribution in [0.15, 0.2) is 0 Å². The summed E-state index contributed by atoms with van der Waals surface area (Å²) in [6, 6.07) is 0.338. The lowest BCUT2D eigenvalue weighted by molar-refractivity contribution is -0.134. The Hall–Kier alpha value is -1.10. The second-order valence-electron chi connectivity index (χ2n) is 4.27. The Labute approximate surface area is 95.8 Å². The standard InChI is InChI=1S/C11H20N2O3/c1-13(11(16)4-2-3-7-14)8-10(15)12-9-5-6-9/h9,14H,2-8H2,1H3,(H,12,15). The van der Waals surface area contributed by atoms with Gasteiger partial charge < -0.3 is 15.3 Å². The molecule has 5 heteroatoms. The molecule has 0 aromatic carbocycles. The maximum absolute atomic E-state index is 11.5. The molecular formula is C11H20N2O3. The molecule has 1 rings (SSSR count). The Balaban J connectivity index is 2.13. The Bertz CT molecular complexity index is 252. The number of aliphatic hydroxyl groups excluding tert-OH is 1. The van der Waals surface area contributed by atoms with E-state index in [-0.39, 0.29) is 25.0 Å². The molecule has 0 aromatic heterocycles. The van der Waals surface area contributed by atoms with Crippen molar-refractivity contribution in [2.45, 2.75) is 38.1 Å². The molecule has 5 nitrogen and oxygen atoms in total. The van der Waals surface area contributed by atoms with Gasteiger partial charge in [0.2, 0.25) is 11.8 Å². The van der Waals surface area contributed by atoms with Crippen molar-refractivity contribution >= 4 is 11.8 Å². The summed E-state index contributed by atoms with van der Waals surface area (Å²) in [5, 5.41) is 11.4. The predicted octanol–water partition coefficient (Wildman–Crippen LogP) is -0.114. The van der Waals surface area contributed by atoms with E-state index in [1.54, 1.807) is 7.05 Å². The van der Waals surface area contributed by atoms with Crippen molar-refractivity contribution in [1.29, 1.82) is 0 Å². The molecule has 0 bridgehead atoms. The third-order valence-electron chi connectivity index (χ3n) is 2.55. The number of hydrogen-bond acceptors (Lipinski definition) is 3. The molecule has 0 spiro atoms. The summed E-state index contributed by atoms with van der Waals surface area (Å²) in [5.74, 6) is -0.125. The van der Waals surface area contributed by atoms with Gasteiger partial charge in [0.1, 0.15) is 0 Å². The smallest absolute Gasteiger partial charge is 0.239 e. The topological polar surface area (TPSA) is 69.6 Å². The van der Waals surface area contributed by atoms with Crippen molar-refractivity contribution in [2.75, 3.05) is 20.2 Å². The van der Waals surface area contributed by atoms with Gasteiger partial charge in [0.15, 0.2) is 0 Å². The van der Waals surface area contributed by atoms with Crippen molar-refractivity contribution in [1.82, 2.24) is 10.2 Å². The predicted molar refractivity (Wildman–Crippen MR) is 59.7 cm³/mol. The summed E-state index contributed by atoms with van der Waals surface area (Å²) < 4.78 is 0. The monoisotopic (exact) mass is 228 g/mol. The Morgan fingerprint density at radius 2 is 2.06 bits per heavy atom. The normalized spacial score (nSPS) is 14.6. The first kappa shape index (κ1) is 13.0. The fourth-order valence-corrected chi connectivity index (χ4v) is 1.38. The molecule has 92 valence electrons.